The van der Waals surface area contributed by atoms with E-state index in [2.05, 4.69) is 48.8 Å². The van der Waals surface area contributed by atoms with Gasteiger partial charge in [0.25, 0.3) is 0 Å². The minimum Gasteiger partial charge on any atom is -0.457 e. The topological polar surface area (TPSA) is 35.2 Å². The van der Waals surface area contributed by atoms with Crippen LogP contribution in [0.15, 0.2) is 34.8 Å². The summed E-state index contributed by atoms with van der Waals surface area (Å²) in [4.78, 5) is 0. The highest BCUT2D eigenvalue weighted by molar-refractivity contribution is 9.10. The number of rotatable bonds is 4. The first-order valence-electron chi connectivity index (χ1n) is 7.16. The lowest BCUT2D eigenvalue weighted by atomic mass is 10.0. The molecule has 0 aliphatic heterocycles. The zero-order chi connectivity index (χ0) is 15.6. The van der Waals surface area contributed by atoms with Gasteiger partial charge in [-0.3, -0.25) is 0 Å². The van der Waals surface area contributed by atoms with Crippen LogP contribution in [0.4, 0.5) is 0 Å². The zero-order valence-corrected chi connectivity index (χ0v) is 14.6. The quantitative estimate of drug-likeness (QED) is 0.839. The first kappa shape index (κ1) is 16.1. The Bertz CT molecular complexity index is 627. The summed E-state index contributed by atoms with van der Waals surface area (Å²) in [5.74, 6) is 1.75. The van der Waals surface area contributed by atoms with Crippen LogP contribution in [0.25, 0.3) is 0 Å². The second-order valence-corrected chi connectivity index (χ2v) is 6.56. The van der Waals surface area contributed by atoms with Crippen LogP contribution in [-0.2, 0) is 6.42 Å². The Morgan fingerprint density at radius 2 is 1.71 bits per heavy atom. The van der Waals surface area contributed by atoms with Crippen molar-refractivity contribution in [1.82, 2.24) is 0 Å². The van der Waals surface area contributed by atoms with Gasteiger partial charge in [0, 0.05) is 10.5 Å². The van der Waals surface area contributed by atoms with Crippen molar-refractivity contribution in [2.75, 3.05) is 0 Å². The molecule has 0 aliphatic carbocycles. The SMILES string of the molecule is Cc1ccc(Oc2cc(C)c(Br)c(C)c2)c(CC(C)N)c1. The maximum absolute atomic E-state index is 6.11. The van der Waals surface area contributed by atoms with Crippen LogP contribution in [0, 0.1) is 20.8 Å². The number of nitrogens with two attached hydrogens (primary N) is 1. The van der Waals surface area contributed by atoms with Gasteiger partial charge in [-0.1, -0.05) is 33.6 Å². The van der Waals surface area contributed by atoms with Gasteiger partial charge in [-0.15, -0.1) is 0 Å². The minimum atomic E-state index is 0.113. The first-order valence-corrected chi connectivity index (χ1v) is 7.96. The number of halogens is 1. The molecule has 0 saturated carbocycles. The maximum atomic E-state index is 6.11. The molecule has 0 saturated heterocycles. The normalized spacial score (nSPS) is 12.3. The number of benzene rings is 2. The Hall–Kier alpha value is -1.32. The fraction of sp³-hybridized carbons (Fsp3) is 0.333. The molecule has 0 aliphatic rings. The summed E-state index contributed by atoms with van der Waals surface area (Å²) in [5, 5.41) is 0. The predicted molar refractivity (Wildman–Crippen MR) is 92.2 cm³/mol. The third kappa shape index (κ3) is 4.08. The minimum absolute atomic E-state index is 0.113. The van der Waals surface area contributed by atoms with Gasteiger partial charge >= 0.3 is 0 Å². The lowest BCUT2D eigenvalue weighted by Gasteiger charge is -2.15. The van der Waals surface area contributed by atoms with Crippen LogP contribution < -0.4 is 10.5 Å². The second kappa shape index (κ2) is 6.63. The first-order chi connectivity index (χ1) is 9.86. The van der Waals surface area contributed by atoms with Crippen molar-refractivity contribution in [2.45, 2.75) is 40.2 Å². The molecular weight excluding hydrogens is 326 g/mol. The summed E-state index contributed by atoms with van der Waals surface area (Å²) in [7, 11) is 0. The average Bonchev–Trinajstić information content (AvgIpc) is 2.38. The van der Waals surface area contributed by atoms with Crippen LogP contribution in [0.5, 0.6) is 11.5 Å². The molecule has 21 heavy (non-hydrogen) atoms. The van der Waals surface area contributed by atoms with E-state index in [1.165, 1.54) is 16.7 Å². The summed E-state index contributed by atoms with van der Waals surface area (Å²) in [6.45, 7) is 8.24. The predicted octanol–water partition coefficient (Wildman–Crippen LogP) is 5.06. The summed E-state index contributed by atoms with van der Waals surface area (Å²) >= 11 is 3.58. The van der Waals surface area contributed by atoms with Crippen LogP contribution in [-0.4, -0.2) is 6.04 Å². The summed E-state index contributed by atoms with van der Waals surface area (Å²) in [6, 6.07) is 10.5. The van der Waals surface area contributed by atoms with Crippen molar-refractivity contribution < 1.29 is 4.74 Å². The van der Waals surface area contributed by atoms with Gasteiger partial charge in [0.1, 0.15) is 11.5 Å². The Morgan fingerprint density at radius 1 is 1.10 bits per heavy atom. The van der Waals surface area contributed by atoms with Crippen LogP contribution in [0.1, 0.15) is 29.2 Å². The molecule has 2 rings (SSSR count). The van der Waals surface area contributed by atoms with E-state index in [0.717, 1.165) is 28.0 Å². The molecule has 0 radical (unpaired) electrons. The molecular formula is C18H22BrNO. The Kier molecular flexibility index (Phi) is 5.07. The van der Waals surface area contributed by atoms with Gasteiger partial charge in [0.05, 0.1) is 0 Å². The number of hydrogen-bond donors (Lipinski definition) is 1. The molecule has 2 nitrogen and oxygen atoms in total. The third-order valence-electron chi connectivity index (χ3n) is 3.40. The van der Waals surface area contributed by atoms with Crippen LogP contribution >= 0.6 is 15.9 Å². The fourth-order valence-corrected chi connectivity index (χ4v) is 2.64. The monoisotopic (exact) mass is 347 g/mol. The van der Waals surface area contributed by atoms with E-state index in [0.29, 0.717) is 0 Å². The number of ether oxygens (including phenoxy) is 1. The molecule has 0 aromatic heterocycles. The lowest BCUT2D eigenvalue weighted by Crippen LogP contribution is -2.18. The van der Waals surface area contributed by atoms with E-state index in [1.54, 1.807) is 0 Å². The van der Waals surface area contributed by atoms with Gasteiger partial charge < -0.3 is 10.5 Å². The van der Waals surface area contributed by atoms with Crippen molar-refractivity contribution >= 4 is 15.9 Å². The van der Waals surface area contributed by atoms with Crippen LogP contribution in [0.3, 0.4) is 0 Å². The number of hydrogen-bond acceptors (Lipinski definition) is 2. The highest BCUT2D eigenvalue weighted by Crippen LogP contribution is 2.31. The summed E-state index contributed by atoms with van der Waals surface area (Å²) in [5.41, 5.74) is 10.7. The second-order valence-electron chi connectivity index (χ2n) is 5.77. The van der Waals surface area contributed by atoms with Gasteiger partial charge in [0.15, 0.2) is 0 Å². The Morgan fingerprint density at radius 3 is 2.29 bits per heavy atom. The van der Waals surface area contributed by atoms with Crippen molar-refractivity contribution in [3.63, 3.8) is 0 Å². The molecule has 0 fully saturated rings. The maximum Gasteiger partial charge on any atom is 0.130 e. The fourth-order valence-electron chi connectivity index (χ4n) is 2.41. The van der Waals surface area contributed by atoms with Gasteiger partial charge in [-0.25, -0.2) is 0 Å². The molecule has 2 aromatic carbocycles. The van der Waals surface area contributed by atoms with Crippen LogP contribution in [0.2, 0.25) is 0 Å². The molecule has 0 spiro atoms. The number of aryl methyl sites for hydroxylation is 3. The van der Waals surface area contributed by atoms with E-state index in [-0.39, 0.29) is 6.04 Å². The molecule has 0 heterocycles. The van der Waals surface area contributed by atoms with Crippen molar-refractivity contribution in [3.05, 3.63) is 57.1 Å². The smallest absolute Gasteiger partial charge is 0.130 e. The lowest BCUT2D eigenvalue weighted by molar-refractivity contribution is 0.472. The van der Waals surface area contributed by atoms with Crippen molar-refractivity contribution in [3.8, 4) is 11.5 Å². The Balaban J connectivity index is 2.35. The van der Waals surface area contributed by atoms with Gasteiger partial charge in [0.2, 0.25) is 0 Å². The zero-order valence-electron chi connectivity index (χ0n) is 13.0. The van der Waals surface area contributed by atoms with Crippen molar-refractivity contribution in [1.29, 1.82) is 0 Å². The molecule has 2 N–H and O–H groups in total. The summed E-state index contributed by atoms with van der Waals surface area (Å²) < 4.78 is 7.24. The Labute approximate surface area is 135 Å². The van der Waals surface area contributed by atoms with E-state index in [1.807, 2.05) is 25.1 Å². The van der Waals surface area contributed by atoms with Gasteiger partial charge in [-0.2, -0.15) is 0 Å². The molecule has 1 atom stereocenters. The largest absolute Gasteiger partial charge is 0.457 e. The van der Waals surface area contributed by atoms with E-state index in [9.17, 15) is 0 Å². The van der Waals surface area contributed by atoms with E-state index in [4.69, 9.17) is 10.5 Å². The van der Waals surface area contributed by atoms with Gasteiger partial charge in [-0.05, 0) is 69.0 Å². The molecule has 0 bridgehead atoms. The highest BCUT2D eigenvalue weighted by atomic mass is 79.9. The summed E-state index contributed by atoms with van der Waals surface area (Å²) in [6.07, 6.45) is 0.811. The molecule has 1 unspecified atom stereocenters. The standard InChI is InChI=1S/C18H22BrNO/c1-11-5-6-17(15(7-11)10-14(4)20)21-16-8-12(2)18(19)13(3)9-16/h5-9,14H,10,20H2,1-4H3. The highest BCUT2D eigenvalue weighted by Gasteiger charge is 2.09. The molecule has 3 heteroatoms. The van der Waals surface area contributed by atoms with E-state index >= 15 is 0 Å². The molecule has 0 amide bonds. The van der Waals surface area contributed by atoms with Crippen molar-refractivity contribution in [2.24, 2.45) is 5.73 Å². The third-order valence-corrected chi connectivity index (χ3v) is 4.65. The molecule has 112 valence electrons. The van der Waals surface area contributed by atoms with E-state index < -0.39 is 0 Å². The molecule has 2 aromatic rings. The average molecular weight is 348 g/mol.